The van der Waals surface area contributed by atoms with Gasteiger partial charge in [0.25, 0.3) is 5.91 Å². The first kappa shape index (κ1) is 26.4. The molecule has 1 fully saturated rings. The molecule has 1 aliphatic heterocycles. The highest BCUT2D eigenvalue weighted by Crippen LogP contribution is 2.17. The molecule has 32 heavy (non-hydrogen) atoms. The molecule has 9 heteroatoms. The first-order chi connectivity index (χ1) is 15.1. The van der Waals surface area contributed by atoms with Crippen LogP contribution in [0.5, 0.6) is 0 Å². The van der Waals surface area contributed by atoms with Gasteiger partial charge in [0.15, 0.2) is 5.96 Å². The predicted octanol–water partition coefficient (Wildman–Crippen LogP) is 4.29. The van der Waals surface area contributed by atoms with E-state index in [1.54, 1.807) is 30.9 Å². The summed E-state index contributed by atoms with van der Waals surface area (Å²) in [5.74, 6) is 1.08. The van der Waals surface area contributed by atoms with Crippen LogP contribution in [0.1, 0.15) is 29.5 Å². The Morgan fingerprint density at radius 1 is 1.19 bits per heavy atom. The van der Waals surface area contributed by atoms with Gasteiger partial charge < -0.3 is 20.7 Å². The monoisotopic (exact) mass is 572 g/mol. The molecule has 174 valence electrons. The predicted molar refractivity (Wildman–Crippen MR) is 140 cm³/mol. The van der Waals surface area contributed by atoms with Crippen molar-refractivity contribution in [2.45, 2.75) is 37.8 Å². The molecule has 3 rings (SSSR count). The summed E-state index contributed by atoms with van der Waals surface area (Å²) >= 11 is 1.66. The average Bonchev–Trinajstić information content (AvgIpc) is 3.31. The maximum absolute atomic E-state index is 13.5. The second kappa shape index (κ2) is 13.6. The molecule has 1 unspecified atom stereocenters. The second-order valence-electron chi connectivity index (χ2n) is 7.32. The summed E-state index contributed by atoms with van der Waals surface area (Å²) in [7, 11) is 1.71. The fraction of sp³-hybridized carbons (Fsp3) is 0.391. The van der Waals surface area contributed by atoms with Crippen molar-refractivity contribution in [3.05, 3.63) is 65.0 Å². The first-order valence-corrected chi connectivity index (χ1v) is 11.7. The summed E-state index contributed by atoms with van der Waals surface area (Å²) in [4.78, 5) is 16.5. The number of benzene rings is 2. The Morgan fingerprint density at radius 3 is 2.72 bits per heavy atom. The Labute approximate surface area is 210 Å². The van der Waals surface area contributed by atoms with Crippen LogP contribution in [0.15, 0.2) is 47.5 Å². The number of nitrogens with zero attached hydrogens (tertiary/aromatic N) is 1. The maximum Gasteiger partial charge on any atom is 0.253 e. The normalized spacial score (nSPS) is 15.7. The van der Waals surface area contributed by atoms with Gasteiger partial charge in [-0.1, -0.05) is 18.2 Å². The van der Waals surface area contributed by atoms with Gasteiger partial charge in [-0.2, -0.15) is 11.8 Å². The lowest BCUT2D eigenvalue weighted by molar-refractivity contribution is -0.124. The van der Waals surface area contributed by atoms with Crippen LogP contribution in [-0.4, -0.2) is 37.9 Å². The second-order valence-corrected chi connectivity index (χ2v) is 8.18. The van der Waals surface area contributed by atoms with Crippen LogP contribution in [0.25, 0.3) is 0 Å². The third-order valence-corrected chi connectivity index (χ3v) is 5.61. The zero-order valence-corrected chi connectivity index (χ0v) is 21.5. The summed E-state index contributed by atoms with van der Waals surface area (Å²) < 4.78 is 19.0. The number of guanidine groups is 1. The SMILES string of the molecule is CN=C(NCc1cccc(NC(=O)C2CCCO2)c1)NCc1ccc(F)cc1CSC.I. The number of hydrogen-bond donors (Lipinski definition) is 3. The Morgan fingerprint density at radius 2 is 2.00 bits per heavy atom. The summed E-state index contributed by atoms with van der Waals surface area (Å²) in [6.07, 6.45) is 3.33. The minimum Gasteiger partial charge on any atom is -0.368 e. The van der Waals surface area contributed by atoms with E-state index in [0.717, 1.165) is 41.0 Å². The minimum absolute atomic E-state index is 0. The smallest absolute Gasteiger partial charge is 0.253 e. The van der Waals surface area contributed by atoms with Gasteiger partial charge in [0.05, 0.1) is 0 Å². The number of aliphatic imine (C=N–C) groups is 1. The highest BCUT2D eigenvalue weighted by Gasteiger charge is 2.23. The van der Waals surface area contributed by atoms with E-state index in [2.05, 4.69) is 20.9 Å². The number of thioether (sulfide) groups is 1. The highest BCUT2D eigenvalue weighted by molar-refractivity contribution is 14.0. The number of carbonyl (C=O) groups excluding carboxylic acids is 1. The third-order valence-electron chi connectivity index (χ3n) is 5.01. The van der Waals surface area contributed by atoms with Crippen molar-refractivity contribution in [2.75, 3.05) is 25.2 Å². The Kier molecular flexibility index (Phi) is 11.3. The number of nitrogens with one attached hydrogen (secondary N) is 3. The average molecular weight is 572 g/mol. The molecule has 1 heterocycles. The summed E-state index contributed by atoms with van der Waals surface area (Å²) in [6, 6.07) is 12.6. The number of carbonyl (C=O) groups is 1. The van der Waals surface area contributed by atoms with Crippen LogP contribution in [-0.2, 0) is 28.4 Å². The number of hydrogen-bond acceptors (Lipinski definition) is 4. The Bertz CT molecular complexity index is 923. The largest absolute Gasteiger partial charge is 0.368 e. The van der Waals surface area contributed by atoms with E-state index < -0.39 is 0 Å². The molecule has 1 atom stereocenters. The van der Waals surface area contributed by atoms with Gasteiger partial charge in [0.2, 0.25) is 0 Å². The quantitative estimate of drug-likeness (QED) is 0.250. The van der Waals surface area contributed by atoms with E-state index in [1.165, 1.54) is 6.07 Å². The Hall–Kier alpha value is -1.85. The van der Waals surface area contributed by atoms with E-state index in [0.29, 0.717) is 25.7 Å². The molecule has 0 aromatic heterocycles. The standard InChI is InChI=1S/C23H29FN4O2S.HI/c1-25-23(27-14-17-8-9-19(24)12-18(17)15-31-2)26-13-16-5-3-6-20(11-16)28-22(29)21-7-4-10-30-21;/h3,5-6,8-9,11-12,21H,4,7,10,13-15H2,1-2H3,(H,28,29)(H2,25,26,27);1H. The van der Waals surface area contributed by atoms with Crippen molar-refractivity contribution in [1.82, 2.24) is 10.6 Å². The summed E-state index contributed by atoms with van der Waals surface area (Å²) in [5.41, 5.74) is 3.77. The molecule has 0 saturated carbocycles. The number of anilines is 1. The van der Waals surface area contributed by atoms with Crippen LogP contribution < -0.4 is 16.0 Å². The minimum atomic E-state index is -0.354. The van der Waals surface area contributed by atoms with Gasteiger partial charge in [0.1, 0.15) is 11.9 Å². The van der Waals surface area contributed by atoms with Gasteiger partial charge in [0, 0.05) is 38.2 Å². The molecule has 1 amide bonds. The third kappa shape index (κ3) is 7.93. The summed E-state index contributed by atoms with van der Waals surface area (Å²) in [6.45, 7) is 1.74. The molecule has 6 nitrogen and oxygen atoms in total. The fourth-order valence-electron chi connectivity index (χ4n) is 3.41. The lowest BCUT2D eigenvalue weighted by atomic mass is 10.1. The van der Waals surface area contributed by atoms with Crippen molar-refractivity contribution in [3.63, 3.8) is 0 Å². The van der Waals surface area contributed by atoms with E-state index in [1.807, 2.05) is 30.5 Å². The number of ether oxygens (including phenoxy) is 1. The maximum atomic E-state index is 13.5. The van der Waals surface area contributed by atoms with Gasteiger partial charge >= 0.3 is 0 Å². The molecule has 0 aliphatic carbocycles. The van der Waals surface area contributed by atoms with E-state index in [-0.39, 0.29) is 41.8 Å². The van der Waals surface area contributed by atoms with Gasteiger partial charge in [-0.05, 0) is 60.1 Å². The van der Waals surface area contributed by atoms with Crippen molar-refractivity contribution in [3.8, 4) is 0 Å². The lowest BCUT2D eigenvalue weighted by Gasteiger charge is -2.15. The van der Waals surface area contributed by atoms with Crippen LogP contribution in [0.4, 0.5) is 10.1 Å². The molecule has 2 aromatic carbocycles. The zero-order chi connectivity index (χ0) is 22.1. The van der Waals surface area contributed by atoms with Crippen LogP contribution in [0, 0.1) is 5.82 Å². The van der Waals surface area contributed by atoms with Gasteiger partial charge in [-0.25, -0.2) is 4.39 Å². The van der Waals surface area contributed by atoms with E-state index in [9.17, 15) is 9.18 Å². The fourth-order valence-corrected chi connectivity index (χ4v) is 3.99. The topological polar surface area (TPSA) is 74.8 Å². The molecular formula is C23H30FIN4O2S. The molecule has 0 bridgehead atoms. The number of halogens is 2. The van der Waals surface area contributed by atoms with Gasteiger partial charge in [-0.15, -0.1) is 24.0 Å². The lowest BCUT2D eigenvalue weighted by Crippen LogP contribution is -2.36. The van der Waals surface area contributed by atoms with Crippen LogP contribution >= 0.6 is 35.7 Å². The van der Waals surface area contributed by atoms with E-state index in [4.69, 9.17) is 4.74 Å². The first-order valence-electron chi connectivity index (χ1n) is 10.3. The van der Waals surface area contributed by atoms with E-state index >= 15 is 0 Å². The molecular weight excluding hydrogens is 542 g/mol. The Balaban J connectivity index is 0.00000363. The van der Waals surface area contributed by atoms with Gasteiger partial charge in [-0.3, -0.25) is 9.79 Å². The highest BCUT2D eigenvalue weighted by atomic mass is 127. The van der Waals surface area contributed by atoms with Crippen LogP contribution in [0.2, 0.25) is 0 Å². The molecule has 0 radical (unpaired) electrons. The van der Waals surface area contributed by atoms with Crippen molar-refractivity contribution < 1.29 is 13.9 Å². The molecule has 1 aliphatic rings. The molecule has 0 spiro atoms. The molecule has 2 aromatic rings. The van der Waals surface area contributed by atoms with Crippen molar-refractivity contribution in [2.24, 2.45) is 4.99 Å². The van der Waals surface area contributed by atoms with Crippen LogP contribution in [0.3, 0.4) is 0 Å². The molecule has 3 N–H and O–H groups in total. The number of amides is 1. The summed E-state index contributed by atoms with van der Waals surface area (Å²) in [5, 5.41) is 9.48. The zero-order valence-electron chi connectivity index (χ0n) is 18.3. The van der Waals surface area contributed by atoms with Crippen molar-refractivity contribution in [1.29, 1.82) is 0 Å². The van der Waals surface area contributed by atoms with Crippen molar-refractivity contribution >= 4 is 53.3 Å². The number of rotatable bonds is 8. The molecule has 1 saturated heterocycles.